The van der Waals surface area contributed by atoms with Gasteiger partial charge >= 0.3 is 0 Å². The van der Waals surface area contributed by atoms with Gasteiger partial charge in [0.2, 0.25) is 0 Å². The van der Waals surface area contributed by atoms with Crippen molar-refractivity contribution >= 4 is 11.3 Å². The molecule has 0 radical (unpaired) electrons. The lowest BCUT2D eigenvalue weighted by molar-refractivity contribution is 0.0665. The van der Waals surface area contributed by atoms with E-state index < -0.39 is 0 Å². The number of piperidine rings is 1. The monoisotopic (exact) mass is 293 g/mol. The van der Waals surface area contributed by atoms with Gasteiger partial charge in [0.25, 0.3) is 0 Å². The van der Waals surface area contributed by atoms with E-state index in [0.29, 0.717) is 6.04 Å². The lowest BCUT2D eigenvalue weighted by Crippen LogP contribution is -2.49. The highest BCUT2D eigenvalue weighted by Gasteiger charge is 2.31. The predicted molar refractivity (Wildman–Crippen MR) is 85.1 cm³/mol. The van der Waals surface area contributed by atoms with Crippen LogP contribution in [0.4, 0.5) is 0 Å². The minimum atomic E-state index is 0.597. The Hall–Kier alpha value is -0.450. The Balaban J connectivity index is 1.47. The van der Waals surface area contributed by atoms with Gasteiger partial charge < -0.3 is 10.2 Å². The van der Waals surface area contributed by atoms with Crippen LogP contribution in [0.1, 0.15) is 49.7 Å². The average molecular weight is 293 g/mol. The summed E-state index contributed by atoms with van der Waals surface area (Å²) in [6.45, 7) is 7.99. The van der Waals surface area contributed by atoms with Crippen molar-refractivity contribution in [2.45, 2.75) is 64.6 Å². The lowest BCUT2D eigenvalue weighted by Gasteiger charge is -2.44. The molecule has 2 fully saturated rings. The predicted octanol–water partition coefficient (Wildman–Crippen LogP) is 3.19. The molecule has 2 aliphatic rings. The maximum Gasteiger partial charge on any atom is 0.0897 e. The second-order valence-corrected chi connectivity index (χ2v) is 7.57. The molecule has 1 saturated heterocycles. The Bertz CT molecular complexity index is 427. The zero-order valence-corrected chi connectivity index (χ0v) is 13.6. The van der Waals surface area contributed by atoms with E-state index in [1.807, 2.05) is 0 Å². The van der Waals surface area contributed by atoms with Gasteiger partial charge in [-0.05, 0) is 52.0 Å². The second kappa shape index (κ2) is 6.54. The van der Waals surface area contributed by atoms with Crippen LogP contribution in [0, 0.1) is 12.8 Å². The van der Waals surface area contributed by atoms with Crippen LogP contribution in [0.15, 0.2) is 5.38 Å². The zero-order chi connectivity index (χ0) is 13.9. The summed E-state index contributed by atoms with van der Waals surface area (Å²) in [5.41, 5.74) is 1.20. The van der Waals surface area contributed by atoms with Crippen molar-refractivity contribution in [1.29, 1.82) is 0 Å². The summed E-state index contributed by atoms with van der Waals surface area (Å²) in [4.78, 5) is 7.29. The molecule has 0 aromatic carbocycles. The van der Waals surface area contributed by atoms with Crippen molar-refractivity contribution < 1.29 is 0 Å². The molecular formula is C16H27N3S. The van der Waals surface area contributed by atoms with Gasteiger partial charge in [0, 0.05) is 30.6 Å². The van der Waals surface area contributed by atoms with E-state index in [1.165, 1.54) is 55.9 Å². The fraction of sp³-hybridized carbons (Fsp3) is 0.812. The molecule has 1 aromatic heterocycles. The molecule has 1 aliphatic heterocycles. The molecule has 1 N–H and O–H groups in total. The number of thiazole rings is 1. The third-order valence-electron chi connectivity index (χ3n) is 5.06. The van der Waals surface area contributed by atoms with Crippen LogP contribution in [0.5, 0.6) is 0 Å². The van der Waals surface area contributed by atoms with E-state index >= 15 is 0 Å². The summed E-state index contributed by atoms with van der Waals surface area (Å²) in [5.74, 6) is 0.809. The first kappa shape index (κ1) is 14.5. The van der Waals surface area contributed by atoms with E-state index in [0.717, 1.165) is 18.5 Å². The molecule has 0 bridgehead atoms. The maximum absolute atomic E-state index is 4.54. The molecule has 0 spiro atoms. The number of likely N-dealkylation sites (tertiary alicyclic amines) is 1. The third kappa shape index (κ3) is 3.41. The zero-order valence-electron chi connectivity index (χ0n) is 12.8. The Morgan fingerprint density at radius 3 is 2.90 bits per heavy atom. The summed E-state index contributed by atoms with van der Waals surface area (Å²) in [7, 11) is 0. The lowest BCUT2D eigenvalue weighted by atomic mass is 9.85. The van der Waals surface area contributed by atoms with Crippen LogP contribution >= 0.6 is 11.3 Å². The van der Waals surface area contributed by atoms with Crippen LogP contribution in [-0.2, 0) is 6.54 Å². The molecule has 2 atom stereocenters. The normalized spacial score (nSPS) is 26.4. The number of nitrogens with zero attached hydrogens (tertiary/aromatic N) is 2. The van der Waals surface area contributed by atoms with Crippen molar-refractivity contribution in [2.24, 2.45) is 5.92 Å². The molecule has 0 amide bonds. The first-order valence-electron chi connectivity index (χ1n) is 8.11. The van der Waals surface area contributed by atoms with E-state index in [4.69, 9.17) is 0 Å². The van der Waals surface area contributed by atoms with Crippen molar-refractivity contribution in [2.75, 3.05) is 13.1 Å². The molecule has 3 nitrogen and oxygen atoms in total. The smallest absolute Gasteiger partial charge is 0.0897 e. The fourth-order valence-electron chi connectivity index (χ4n) is 3.45. The minimum absolute atomic E-state index is 0.597. The summed E-state index contributed by atoms with van der Waals surface area (Å²) in [6.07, 6.45) is 7.08. The van der Waals surface area contributed by atoms with E-state index in [9.17, 15) is 0 Å². The highest BCUT2D eigenvalue weighted by Crippen LogP contribution is 2.30. The van der Waals surface area contributed by atoms with Crippen LogP contribution in [0.3, 0.4) is 0 Å². The van der Waals surface area contributed by atoms with Gasteiger partial charge in [-0.1, -0.05) is 6.42 Å². The number of nitrogens with one attached hydrogen (secondary N) is 1. The first-order chi connectivity index (χ1) is 9.72. The summed E-state index contributed by atoms with van der Waals surface area (Å²) >= 11 is 1.75. The van der Waals surface area contributed by atoms with Gasteiger partial charge in [-0.3, -0.25) is 0 Å². The van der Waals surface area contributed by atoms with Gasteiger partial charge in [0.1, 0.15) is 0 Å². The second-order valence-electron chi connectivity index (χ2n) is 6.51. The number of hydrogen-bond acceptors (Lipinski definition) is 4. The molecule has 3 rings (SSSR count). The largest absolute Gasteiger partial charge is 0.308 e. The standard InChI is InChI=1S/C16H27N3S/c1-12(17-9-15-11-20-13(2)18-15)14-5-4-8-19(10-14)16-6-3-7-16/h11-12,14,16-17H,3-10H2,1-2H3/t12-,14+/m1/s1. The Kier molecular flexibility index (Phi) is 4.74. The fourth-order valence-corrected chi connectivity index (χ4v) is 4.07. The molecule has 1 aromatic rings. The van der Waals surface area contributed by atoms with Crippen molar-refractivity contribution in [3.8, 4) is 0 Å². The minimum Gasteiger partial charge on any atom is -0.308 e. The SMILES string of the molecule is Cc1nc(CN[C@H](C)[C@H]2CCCN(C3CCC3)C2)cs1. The molecule has 1 aliphatic carbocycles. The maximum atomic E-state index is 4.54. The van der Waals surface area contributed by atoms with Crippen molar-refractivity contribution in [3.63, 3.8) is 0 Å². The van der Waals surface area contributed by atoms with Crippen molar-refractivity contribution in [3.05, 3.63) is 16.1 Å². The molecular weight excluding hydrogens is 266 g/mol. The first-order valence-corrected chi connectivity index (χ1v) is 8.99. The van der Waals surface area contributed by atoms with Gasteiger partial charge in [0.15, 0.2) is 0 Å². The number of rotatable bonds is 5. The van der Waals surface area contributed by atoms with Gasteiger partial charge in [-0.15, -0.1) is 11.3 Å². The molecule has 112 valence electrons. The third-order valence-corrected chi connectivity index (χ3v) is 5.88. The van der Waals surface area contributed by atoms with Crippen LogP contribution in [0.2, 0.25) is 0 Å². The molecule has 0 unspecified atom stereocenters. The van der Waals surface area contributed by atoms with Crippen molar-refractivity contribution in [1.82, 2.24) is 15.2 Å². The Morgan fingerprint density at radius 1 is 1.40 bits per heavy atom. The van der Waals surface area contributed by atoms with Crippen LogP contribution in [0.25, 0.3) is 0 Å². The quantitative estimate of drug-likeness (QED) is 0.903. The van der Waals surface area contributed by atoms with Crippen LogP contribution in [-0.4, -0.2) is 35.1 Å². The topological polar surface area (TPSA) is 28.2 Å². The summed E-state index contributed by atoms with van der Waals surface area (Å²) in [5, 5.41) is 7.04. The summed E-state index contributed by atoms with van der Waals surface area (Å²) < 4.78 is 0. The van der Waals surface area contributed by atoms with E-state index in [-0.39, 0.29) is 0 Å². The van der Waals surface area contributed by atoms with Crippen LogP contribution < -0.4 is 5.32 Å². The Labute approximate surface area is 126 Å². The highest BCUT2D eigenvalue weighted by molar-refractivity contribution is 7.09. The van der Waals surface area contributed by atoms with Gasteiger partial charge in [-0.2, -0.15) is 0 Å². The summed E-state index contributed by atoms with van der Waals surface area (Å²) in [6, 6.07) is 1.51. The number of hydrogen-bond donors (Lipinski definition) is 1. The molecule has 20 heavy (non-hydrogen) atoms. The number of aryl methyl sites for hydroxylation is 1. The van der Waals surface area contributed by atoms with E-state index in [2.05, 4.69) is 34.4 Å². The molecule has 1 saturated carbocycles. The highest BCUT2D eigenvalue weighted by atomic mass is 32.1. The van der Waals surface area contributed by atoms with E-state index in [1.54, 1.807) is 11.3 Å². The van der Waals surface area contributed by atoms with Gasteiger partial charge in [-0.25, -0.2) is 4.98 Å². The average Bonchev–Trinajstić information content (AvgIpc) is 2.80. The number of aromatic nitrogens is 1. The molecule has 4 heteroatoms. The van der Waals surface area contributed by atoms with Gasteiger partial charge in [0.05, 0.1) is 10.7 Å². The Morgan fingerprint density at radius 2 is 2.25 bits per heavy atom. The molecule has 2 heterocycles.